The number of rotatable bonds is 3. The molecule has 0 aromatic carbocycles. The minimum atomic E-state index is -1.31. The number of epoxide rings is 1. The lowest BCUT2D eigenvalue weighted by molar-refractivity contribution is -0.346. The molecule has 9 rings (SSSR count). The first-order chi connectivity index (χ1) is 22.4. The SMILES string of the molecule is CC(=O)O[C@@H]1C[C@@]23C[C@@]24CC[C@H](O[C@@H]2OC[C@@H](O)[C@H](O)[C@H]2O)C(C)(C)[C@H]4CC[C@H]3[C@]2(C)C[C@@H]3O[C@]4(C[C@H](C)[C@@H]3[C@@]12C)O[C@H](O)[C@]1(C)O[C@H]41. The van der Waals surface area contributed by atoms with Crippen molar-refractivity contribution in [2.24, 2.45) is 50.7 Å². The summed E-state index contributed by atoms with van der Waals surface area (Å²) in [6, 6.07) is 0. The quantitative estimate of drug-likeness (QED) is 0.198. The third-order valence-electron chi connectivity index (χ3n) is 16.8. The summed E-state index contributed by atoms with van der Waals surface area (Å²) in [7, 11) is 0. The summed E-state index contributed by atoms with van der Waals surface area (Å²) >= 11 is 0. The van der Waals surface area contributed by atoms with Gasteiger partial charge in [-0.1, -0.05) is 34.6 Å². The van der Waals surface area contributed by atoms with Crippen LogP contribution in [0.4, 0.5) is 0 Å². The monoisotopic (exact) mass is 676 g/mol. The standard InChI is InChI=1S/C37H56O11/c1-17-12-37(29-34(7,47-29)30(42)48-37)46-20-13-32(5)22-9-8-21-31(3,4)23(45-28-27(41)26(40)19(39)15-43-28)10-11-35(21)16-36(22,35)14-24(44-18(2)38)33(32,6)25(17)20/h17,19-30,39-42H,8-16H2,1-7H3/t17-,19+,20-,21+,22-,23-,24+,25-,26-,27+,28-,29-,30-,32-,33+,34+,35+,36-,37+/m0/s1. The van der Waals surface area contributed by atoms with E-state index in [2.05, 4.69) is 34.6 Å². The summed E-state index contributed by atoms with van der Waals surface area (Å²) in [5, 5.41) is 41.7. The van der Waals surface area contributed by atoms with Crippen LogP contribution in [0.5, 0.6) is 0 Å². The van der Waals surface area contributed by atoms with Crippen molar-refractivity contribution in [3.63, 3.8) is 0 Å². The lowest BCUT2D eigenvalue weighted by Gasteiger charge is -2.65. The maximum Gasteiger partial charge on any atom is 0.302 e. The summed E-state index contributed by atoms with van der Waals surface area (Å²) in [5.41, 5.74) is -1.23. The molecule has 3 spiro atoms. The predicted molar refractivity (Wildman–Crippen MR) is 168 cm³/mol. The van der Waals surface area contributed by atoms with Crippen molar-refractivity contribution in [3.05, 3.63) is 0 Å². The third-order valence-corrected chi connectivity index (χ3v) is 16.8. The molecule has 9 fully saturated rings. The van der Waals surface area contributed by atoms with Crippen LogP contribution in [0.1, 0.15) is 99.8 Å². The van der Waals surface area contributed by atoms with Crippen molar-refractivity contribution in [2.75, 3.05) is 6.61 Å². The molecule has 9 aliphatic rings. The largest absolute Gasteiger partial charge is 0.462 e. The number of aliphatic hydroxyl groups excluding tert-OH is 4. The second kappa shape index (κ2) is 9.75. The van der Waals surface area contributed by atoms with E-state index in [1.54, 1.807) is 6.92 Å². The molecule has 5 aliphatic carbocycles. The van der Waals surface area contributed by atoms with Gasteiger partial charge in [0.1, 0.15) is 36.1 Å². The first kappa shape index (κ1) is 33.0. The molecule has 0 amide bonds. The van der Waals surface area contributed by atoms with E-state index < -0.39 is 42.3 Å². The van der Waals surface area contributed by atoms with Gasteiger partial charge in [-0.15, -0.1) is 0 Å². The van der Waals surface area contributed by atoms with E-state index in [4.69, 9.17) is 28.4 Å². The van der Waals surface area contributed by atoms with Crippen LogP contribution < -0.4 is 0 Å². The average molecular weight is 677 g/mol. The molecule has 4 aliphatic heterocycles. The van der Waals surface area contributed by atoms with Gasteiger partial charge in [0.15, 0.2) is 12.6 Å². The van der Waals surface area contributed by atoms with Crippen LogP contribution in [0.2, 0.25) is 0 Å². The topological polar surface area (TPSA) is 157 Å². The van der Waals surface area contributed by atoms with E-state index in [9.17, 15) is 25.2 Å². The zero-order valence-electron chi connectivity index (χ0n) is 29.5. The fourth-order valence-electron chi connectivity index (χ4n) is 14.6. The Labute approximate surface area is 283 Å². The minimum absolute atomic E-state index is 0.0420. The van der Waals surface area contributed by atoms with Crippen LogP contribution in [0.15, 0.2) is 0 Å². The first-order valence-corrected chi connectivity index (χ1v) is 18.6. The Morgan fingerprint density at radius 2 is 1.56 bits per heavy atom. The van der Waals surface area contributed by atoms with Crippen LogP contribution in [0.3, 0.4) is 0 Å². The van der Waals surface area contributed by atoms with Gasteiger partial charge in [0, 0.05) is 18.8 Å². The fraction of sp³-hybridized carbons (Fsp3) is 0.973. The van der Waals surface area contributed by atoms with E-state index >= 15 is 0 Å². The van der Waals surface area contributed by atoms with Crippen LogP contribution in [-0.4, -0.2) is 99.7 Å². The van der Waals surface area contributed by atoms with Crippen molar-refractivity contribution in [3.8, 4) is 0 Å². The molecule has 4 heterocycles. The average Bonchev–Trinajstić information content (AvgIpc) is 3.84. The van der Waals surface area contributed by atoms with E-state index in [0.717, 1.165) is 44.9 Å². The summed E-state index contributed by atoms with van der Waals surface area (Å²) in [4.78, 5) is 12.9. The minimum Gasteiger partial charge on any atom is -0.462 e. The van der Waals surface area contributed by atoms with Crippen LogP contribution in [0, 0.1) is 50.7 Å². The number of ether oxygens (including phenoxy) is 6. The Kier molecular flexibility index (Phi) is 6.70. The fourth-order valence-corrected chi connectivity index (χ4v) is 14.6. The van der Waals surface area contributed by atoms with Gasteiger partial charge in [-0.2, -0.15) is 0 Å². The Morgan fingerprint density at radius 1 is 0.833 bits per heavy atom. The summed E-state index contributed by atoms with van der Waals surface area (Å²) in [6.07, 6.45) is 0.880. The number of carbonyl (C=O) groups is 1. The highest BCUT2D eigenvalue weighted by Gasteiger charge is 2.87. The number of hydrogen-bond acceptors (Lipinski definition) is 11. The second-order valence-corrected chi connectivity index (χ2v) is 18.9. The van der Waals surface area contributed by atoms with Gasteiger partial charge in [0.05, 0.1) is 18.8 Å². The van der Waals surface area contributed by atoms with Gasteiger partial charge >= 0.3 is 5.97 Å². The van der Waals surface area contributed by atoms with Crippen molar-refractivity contribution in [1.29, 1.82) is 0 Å². The van der Waals surface area contributed by atoms with Crippen molar-refractivity contribution < 1.29 is 53.6 Å². The lowest BCUT2D eigenvalue weighted by Crippen LogP contribution is -2.64. The molecule has 4 saturated heterocycles. The lowest BCUT2D eigenvalue weighted by atomic mass is 9.41. The highest BCUT2D eigenvalue weighted by atomic mass is 16.8. The molecule has 11 heteroatoms. The van der Waals surface area contributed by atoms with E-state index in [-0.39, 0.29) is 75.9 Å². The van der Waals surface area contributed by atoms with Crippen molar-refractivity contribution in [2.45, 2.75) is 167 Å². The molecular weight excluding hydrogens is 620 g/mol. The first-order valence-electron chi connectivity index (χ1n) is 18.6. The van der Waals surface area contributed by atoms with Gasteiger partial charge in [0.25, 0.3) is 0 Å². The summed E-state index contributed by atoms with van der Waals surface area (Å²) < 4.78 is 37.9. The Balaban J connectivity index is 1.03. The molecule has 0 unspecified atom stereocenters. The molecule has 0 aromatic heterocycles. The molecule has 4 N–H and O–H groups in total. The molecular formula is C37H56O11. The Hall–Kier alpha value is -0.890. The van der Waals surface area contributed by atoms with Gasteiger partial charge < -0.3 is 48.8 Å². The van der Waals surface area contributed by atoms with Crippen LogP contribution in [0.25, 0.3) is 0 Å². The molecule has 11 nitrogen and oxygen atoms in total. The number of fused-ring (bicyclic) bond motifs is 6. The number of aliphatic hydroxyl groups is 4. The second-order valence-electron chi connectivity index (χ2n) is 18.9. The van der Waals surface area contributed by atoms with Gasteiger partial charge in [-0.3, -0.25) is 4.79 Å². The number of hydrogen-bond donors (Lipinski definition) is 4. The summed E-state index contributed by atoms with van der Waals surface area (Å²) in [5.74, 6) is 0.0295. The van der Waals surface area contributed by atoms with E-state index in [1.165, 1.54) is 0 Å². The predicted octanol–water partition coefficient (Wildman–Crippen LogP) is 3.03. The van der Waals surface area contributed by atoms with E-state index in [1.807, 2.05) is 6.92 Å². The highest BCUT2D eigenvalue weighted by molar-refractivity contribution is 5.66. The van der Waals surface area contributed by atoms with Crippen LogP contribution in [-0.2, 0) is 33.2 Å². The van der Waals surface area contributed by atoms with Gasteiger partial charge in [-0.25, -0.2) is 0 Å². The number of carbonyl (C=O) groups excluding carboxylic acids is 1. The molecule has 5 saturated carbocycles. The van der Waals surface area contributed by atoms with Crippen molar-refractivity contribution >= 4 is 5.97 Å². The maximum atomic E-state index is 12.9. The Morgan fingerprint density at radius 3 is 2.23 bits per heavy atom. The molecule has 19 atom stereocenters. The zero-order chi connectivity index (χ0) is 34.2. The van der Waals surface area contributed by atoms with Gasteiger partial charge in [0.2, 0.25) is 5.79 Å². The summed E-state index contributed by atoms with van der Waals surface area (Å²) in [6.45, 7) is 15.1. The zero-order valence-corrected chi connectivity index (χ0v) is 29.5. The van der Waals surface area contributed by atoms with Crippen molar-refractivity contribution in [1.82, 2.24) is 0 Å². The number of esters is 1. The third kappa shape index (κ3) is 3.74. The highest BCUT2D eigenvalue weighted by Crippen LogP contribution is 2.89. The van der Waals surface area contributed by atoms with E-state index in [0.29, 0.717) is 18.3 Å². The van der Waals surface area contributed by atoms with Gasteiger partial charge in [-0.05, 0) is 97.2 Å². The molecule has 0 aromatic rings. The maximum absolute atomic E-state index is 12.9. The Bertz CT molecular complexity index is 1390. The normalized spacial score (nSPS) is 63.3. The smallest absolute Gasteiger partial charge is 0.302 e. The molecule has 48 heavy (non-hydrogen) atoms. The molecule has 0 radical (unpaired) electrons. The molecule has 0 bridgehead atoms. The van der Waals surface area contributed by atoms with Crippen LogP contribution >= 0.6 is 0 Å². The molecule has 270 valence electrons.